The van der Waals surface area contributed by atoms with Crippen LogP contribution in [0.15, 0.2) is 30.6 Å². The number of nitrogens with one attached hydrogen (secondary N) is 1. The molecule has 0 spiro atoms. The normalized spacial score (nSPS) is 10.0. The fraction of sp³-hybridized carbons (Fsp3) is 0. The van der Waals surface area contributed by atoms with Crippen LogP contribution in [0.4, 0.5) is 23.0 Å². The molecule has 0 aliphatic carbocycles. The van der Waals surface area contributed by atoms with Gasteiger partial charge in [0, 0.05) is 5.69 Å². The minimum Gasteiger partial charge on any atom is -0.478 e. The van der Waals surface area contributed by atoms with E-state index in [2.05, 4.69) is 15.3 Å². The Balaban J connectivity index is 2.33. The minimum atomic E-state index is -1.06. The second-order valence-electron chi connectivity index (χ2n) is 3.72. The number of carboxylic acid groups (broad SMARTS) is 1. The minimum absolute atomic E-state index is 0.0643. The van der Waals surface area contributed by atoms with Crippen molar-refractivity contribution < 1.29 is 14.8 Å². The Hall–Kier alpha value is -3.23. The van der Waals surface area contributed by atoms with Crippen LogP contribution < -0.4 is 11.1 Å². The molecular formula is C11H9N5O4. The van der Waals surface area contributed by atoms with E-state index in [1.54, 1.807) is 0 Å². The predicted molar refractivity (Wildman–Crippen MR) is 69.8 cm³/mol. The van der Waals surface area contributed by atoms with E-state index in [4.69, 9.17) is 10.8 Å². The van der Waals surface area contributed by atoms with E-state index in [-0.39, 0.29) is 17.2 Å². The standard InChI is InChI=1S/C11H9N5O4/c12-9-8(16(19)20)10(14-5-13-9)15-7-3-1-6(2-4-7)11(17)18/h1-5H,(H,17,18)(H3,12,13,14,15). The molecule has 0 unspecified atom stereocenters. The molecule has 20 heavy (non-hydrogen) atoms. The fourth-order valence-electron chi connectivity index (χ4n) is 1.50. The monoisotopic (exact) mass is 275 g/mol. The van der Waals surface area contributed by atoms with Crippen LogP contribution in [0.3, 0.4) is 0 Å². The number of nitro groups is 1. The Morgan fingerprint density at radius 2 is 1.95 bits per heavy atom. The highest BCUT2D eigenvalue weighted by Crippen LogP contribution is 2.28. The molecule has 9 heteroatoms. The van der Waals surface area contributed by atoms with Gasteiger partial charge in [0.1, 0.15) is 6.33 Å². The van der Waals surface area contributed by atoms with E-state index in [9.17, 15) is 14.9 Å². The lowest BCUT2D eigenvalue weighted by Crippen LogP contribution is -2.05. The molecule has 9 nitrogen and oxygen atoms in total. The Morgan fingerprint density at radius 1 is 1.30 bits per heavy atom. The second kappa shape index (κ2) is 5.18. The molecular weight excluding hydrogens is 266 g/mol. The van der Waals surface area contributed by atoms with Gasteiger partial charge in [-0.25, -0.2) is 14.8 Å². The van der Waals surface area contributed by atoms with Crippen molar-refractivity contribution in [2.45, 2.75) is 0 Å². The predicted octanol–water partition coefficient (Wildman–Crippen LogP) is 1.41. The van der Waals surface area contributed by atoms with Gasteiger partial charge < -0.3 is 16.2 Å². The van der Waals surface area contributed by atoms with Crippen LogP contribution in [0.2, 0.25) is 0 Å². The van der Waals surface area contributed by atoms with E-state index in [0.717, 1.165) is 6.33 Å². The maximum Gasteiger partial charge on any atom is 0.353 e. The molecule has 102 valence electrons. The van der Waals surface area contributed by atoms with Gasteiger partial charge in [0.2, 0.25) is 11.6 Å². The van der Waals surface area contributed by atoms with Crippen molar-refractivity contribution in [3.05, 3.63) is 46.3 Å². The molecule has 2 aromatic rings. The Morgan fingerprint density at radius 3 is 2.50 bits per heavy atom. The number of benzene rings is 1. The number of carbonyl (C=O) groups is 1. The zero-order chi connectivity index (χ0) is 14.7. The summed E-state index contributed by atoms with van der Waals surface area (Å²) in [4.78, 5) is 28.2. The molecule has 0 saturated heterocycles. The van der Waals surface area contributed by atoms with E-state index >= 15 is 0 Å². The first-order valence-corrected chi connectivity index (χ1v) is 5.34. The van der Waals surface area contributed by atoms with Crippen LogP contribution in [-0.4, -0.2) is 26.0 Å². The number of hydrogen-bond acceptors (Lipinski definition) is 7. The third-order valence-electron chi connectivity index (χ3n) is 2.43. The summed E-state index contributed by atoms with van der Waals surface area (Å²) < 4.78 is 0. The summed E-state index contributed by atoms with van der Waals surface area (Å²) in [6.45, 7) is 0. The summed E-state index contributed by atoms with van der Waals surface area (Å²) in [6, 6.07) is 5.65. The molecule has 2 rings (SSSR count). The highest BCUT2D eigenvalue weighted by Gasteiger charge is 2.20. The number of nitrogens with two attached hydrogens (primary N) is 1. The van der Waals surface area contributed by atoms with Crippen LogP contribution in [-0.2, 0) is 0 Å². The third-order valence-corrected chi connectivity index (χ3v) is 2.43. The first-order valence-electron chi connectivity index (χ1n) is 5.34. The molecule has 0 bridgehead atoms. The van der Waals surface area contributed by atoms with E-state index in [0.29, 0.717) is 5.69 Å². The van der Waals surface area contributed by atoms with Crippen molar-refractivity contribution in [1.29, 1.82) is 0 Å². The van der Waals surface area contributed by atoms with E-state index < -0.39 is 16.6 Å². The first kappa shape index (κ1) is 13.2. The van der Waals surface area contributed by atoms with Gasteiger partial charge in [-0.1, -0.05) is 0 Å². The number of anilines is 3. The highest BCUT2D eigenvalue weighted by atomic mass is 16.6. The maximum absolute atomic E-state index is 10.9. The smallest absolute Gasteiger partial charge is 0.353 e. The van der Waals surface area contributed by atoms with Gasteiger partial charge in [-0.05, 0) is 24.3 Å². The summed E-state index contributed by atoms with van der Waals surface area (Å²) >= 11 is 0. The molecule has 1 aromatic carbocycles. The van der Waals surface area contributed by atoms with Crippen molar-refractivity contribution in [3.63, 3.8) is 0 Å². The summed E-state index contributed by atoms with van der Waals surface area (Å²) in [5, 5.41) is 22.4. The molecule has 0 amide bonds. The number of hydrogen-bond donors (Lipinski definition) is 3. The van der Waals surface area contributed by atoms with Crippen molar-refractivity contribution in [1.82, 2.24) is 9.97 Å². The highest BCUT2D eigenvalue weighted by molar-refractivity contribution is 5.88. The molecule has 0 atom stereocenters. The zero-order valence-corrected chi connectivity index (χ0v) is 9.98. The second-order valence-corrected chi connectivity index (χ2v) is 3.72. The molecule has 1 heterocycles. The van der Waals surface area contributed by atoms with Gasteiger partial charge in [-0.15, -0.1) is 0 Å². The molecule has 0 aliphatic rings. The number of carboxylic acids is 1. The molecule has 4 N–H and O–H groups in total. The molecule has 0 fully saturated rings. The van der Waals surface area contributed by atoms with Crippen molar-refractivity contribution >= 4 is 29.0 Å². The fourth-order valence-corrected chi connectivity index (χ4v) is 1.50. The lowest BCUT2D eigenvalue weighted by Gasteiger charge is -2.06. The van der Waals surface area contributed by atoms with Gasteiger partial charge in [0.25, 0.3) is 0 Å². The lowest BCUT2D eigenvalue weighted by molar-refractivity contribution is -0.383. The summed E-state index contributed by atoms with van der Waals surface area (Å²) in [5.41, 5.74) is 5.54. The van der Waals surface area contributed by atoms with Crippen LogP contribution in [0.1, 0.15) is 10.4 Å². The van der Waals surface area contributed by atoms with Gasteiger partial charge in [-0.2, -0.15) is 0 Å². The largest absolute Gasteiger partial charge is 0.478 e. The van der Waals surface area contributed by atoms with E-state index in [1.807, 2.05) is 0 Å². The van der Waals surface area contributed by atoms with Crippen LogP contribution in [0.25, 0.3) is 0 Å². The number of nitrogens with zero attached hydrogens (tertiary/aromatic N) is 3. The molecule has 0 saturated carbocycles. The van der Waals surface area contributed by atoms with Gasteiger partial charge in [-0.3, -0.25) is 10.1 Å². The Labute approximate surface area is 112 Å². The van der Waals surface area contributed by atoms with Crippen LogP contribution in [0.5, 0.6) is 0 Å². The summed E-state index contributed by atoms with van der Waals surface area (Å²) in [6.07, 6.45) is 1.09. The third kappa shape index (κ3) is 2.61. The average Bonchev–Trinajstić information content (AvgIpc) is 2.39. The summed E-state index contributed by atoms with van der Waals surface area (Å²) in [7, 11) is 0. The van der Waals surface area contributed by atoms with Crippen LogP contribution in [0, 0.1) is 10.1 Å². The first-order chi connectivity index (χ1) is 9.49. The van der Waals surface area contributed by atoms with Crippen molar-refractivity contribution in [2.24, 2.45) is 0 Å². The molecule has 1 aromatic heterocycles. The average molecular weight is 275 g/mol. The number of rotatable bonds is 4. The molecule has 0 radical (unpaired) electrons. The zero-order valence-electron chi connectivity index (χ0n) is 9.98. The van der Waals surface area contributed by atoms with Gasteiger partial charge in [0.05, 0.1) is 10.5 Å². The number of aromatic nitrogens is 2. The van der Waals surface area contributed by atoms with Gasteiger partial charge in [0.15, 0.2) is 0 Å². The van der Waals surface area contributed by atoms with Crippen LogP contribution >= 0.6 is 0 Å². The SMILES string of the molecule is Nc1ncnc(Nc2ccc(C(=O)O)cc2)c1[N+](=O)[O-]. The number of aromatic carboxylic acids is 1. The number of nitrogen functional groups attached to an aromatic ring is 1. The van der Waals surface area contributed by atoms with Crippen molar-refractivity contribution in [2.75, 3.05) is 11.1 Å². The Kier molecular flexibility index (Phi) is 3.42. The maximum atomic E-state index is 10.9. The van der Waals surface area contributed by atoms with Gasteiger partial charge >= 0.3 is 11.7 Å². The Bertz CT molecular complexity index is 671. The van der Waals surface area contributed by atoms with E-state index in [1.165, 1.54) is 24.3 Å². The summed E-state index contributed by atoms with van der Waals surface area (Å²) in [5.74, 6) is -1.38. The lowest BCUT2D eigenvalue weighted by atomic mass is 10.2. The quantitative estimate of drug-likeness (QED) is 0.561. The van der Waals surface area contributed by atoms with Crippen molar-refractivity contribution in [3.8, 4) is 0 Å². The molecule has 0 aliphatic heterocycles. The topological polar surface area (TPSA) is 144 Å².